The maximum atomic E-state index is 5.72. The minimum atomic E-state index is 0.173. The third-order valence-corrected chi connectivity index (χ3v) is 1.60. The highest BCUT2D eigenvalue weighted by molar-refractivity contribution is 4.99. The van der Waals surface area contributed by atoms with Crippen molar-refractivity contribution in [1.29, 1.82) is 0 Å². The zero-order valence-electron chi connectivity index (χ0n) is 6.77. The predicted molar refractivity (Wildman–Crippen MR) is 45.7 cm³/mol. The normalized spacial score (nSPS) is 13.1. The van der Waals surface area contributed by atoms with Gasteiger partial charge >= 0.3 is 0 Å². The van der Waals surface area contributed by atoms with E-state index in [2.05, 4.69) is 6.58 Å². The van der Waals surface area contributed by atoms with Crippen LogP contribution < -0.4 is 11.5 Å². The van der Waals surface area contributed by atoms with Gasteiger partial charge in [-0.3, -0.25) is 0 Å². The van der Waals surface area contributed by atoms with Gasteiger partial charge in [0, 0.05) is 6.04 Å². The Morgan fingerprint density at radius 2 is 2.10 bits per heavy atom. The maximum absolute atomic E-state index is 5.72. The van der Waals surface area contributed by atoms with Gasteiger partial charge in [-0.25, -0.2) is 0 Å². The van der Waals surface area contributed by atoms with Crippen molar-refractivity contribution in [3.8, 4) is 0 Å². The average molecular weight is 142 g/mol. The first-order chi connectivity index (χ1) is 4.68. The summed E-state index contributed by atoms with van der Waals surface area (Å²) in [6.45, 7) is 6.51. The van der Waals surface area contributed by atoms with Crippen LogP contribution in [0.25, 0.3) is 0 Å². The quantitative estimate of drug-likeness (QED) is 0.445. The third-order valence-electron chi connectivity index (χ3n) is 1.60. The maximum Gasteiger partial charge on any atom is 0.0248 e. The van der Waals surface area contributed by atoms with E-state index in [1.807, 2.05) is 6.92 Å². The highest BCUT2D eigenvalue weighted by atomic mass is 14.6. The smallest absolute Gasteiger partial charge is 0.0248 e. The monoisotopic (exact) mass is 142 g/mol. The molecule has 0 bridgehead atoms. The highest BCUT2D eigenvalue weighted by Gasteiger charge is 2.00. The second-order valence-corrected chi connectivity index (χ2v) is 2.74. The molecule has 4 N–H and O–H groups in total. The molecule has 0 fully saturated rings. The molecule has 10 heavy (non-hydrogen) atoms. The Morgan fingerprint density at radius 1 is 1.50 bits per heavy atom. The van der Waals surface area contributed by atoms with Crippen molar-refractivity contribution in [2.24, 2.45) is 11.5 Å². The van der Waals surface area contributed by atoms with Gasteiger partial charge in [-0.05, 0) is 26.3 Å². The summed E-state index contributed by atoms with van der Waals surface area (Å²) < 4.78 is 0. The molecule has 60 valence electrons. The third kappa shape index (κ3) is 4.53. The van der Waals surface area contributed by atoms with Gasteiger partial charge in [-0.15, -0.1) is 0 Å². The Labute approximate surface area is 63.3 Å². The molecule has 0 aliphatic heterocycles. The second kappa shape index (κ2) is 5.45. The van der Waals surface area contributed by atoms with Gasteiger partial charge in [0.05, 0.1) is 0 Å². The first-order valence-electron chi connectivity index (χ1n) is 3.79. The first kappa shape index (κ1) is 9.66. The van der Waals surface area contributed by atoms with Crippen molar-refractivity contribution in [3.63, 3.8) is 0 Å². The molecule has 0 amide bonds. The summed E-state index contributed by atoms with van der Waals surface area (Å²) >= 11 is 0. The molecule has 1 atom stereocenters. The van der Waals surface area contributed by atoms with E-state index in [4.69, 9.17) is 11.5 Å². The summed E-state index contributed by atoms with van der Waals surface area (Å²) in [4.78, 5) is 0. The van der Waals surface area contributed by atoms with Crippen LogP contribution in [-0.2, 0) is 0 Å². The standard InChI is InChI=1S/C8H18N2/c1-7(2)8(10)5-3-4-6-9/h8H,1,3-6,9-10H2,2H3/t8-/m0/s1. The zero-order chi connectivity index (χ0) is 7.98. The summed E-state index contributed by atoms with van der Waals surface area (Å²) in [5.74, 6) is 0. The summed E-state index contributed by atoms with van der Waals surface area (Å²) in [6.07, 6.45) is 3.21. The lowest BCUT2D eigenvalue weighted by molar-refractivity contribution is 0.619. The van der Waals surface area contributed by atoms with Crippen molar-refractivity contribution in [1.82, 2.24) is 0 Å². The van der Waals surface area contributed by atoms with Crippen LogP contribution in [0.4, 0.5) is 0 Å². The van der Waals surface area contributed by atoms with Gasteiger partial charge in [0.1, 0.15) is 0 Å². The largest absolute Gasteiger partial charge is 0.330 e. The predicted octanol–water partition coefficient (Wildman–Crippen LogP) is 1.02. The van der Waals surface area contributed by atoms with Gasteiger partial charge in [-0.1, -0.05) is 18.6 Å². The molecule has 0 aliphatic rings. The number of hydrogen-bond acceptors (Lipinski definition) is 2. The molecule has 0 spiro atoms. The van der Waals surface area contributed by atoms with E-state index in [0.29, 0.717) is 0 Å². The first-order valence-corrected chi connectivity index (χ1v) is 3.79. The van der Waals surface area contributed by atoms with Gasteiger partial charge in [0.25, 0.3) is 0 Å². The molecule has 0 saturated heterocycles. The summed E-state index contributed by atoms with van der Waals surface area (Å²) in [5.41, 5.74) is 12.1. The fourth-order valence-electron chi connectivity index (χ4n) is 0.755. The van der Waals surface area contributed by atoms with E-state index in [1.54, 1.807) is 0 Å². The average Bonchev–Trinajstić information content (AvgIpc) is 1.88. The molecule has 2 nitrogen and oxygen atoms in total. The Kier molecular flexibility index (Phi) is 5.26. The summed E-state index contributed by atoms with van der Waals surface area (Å²) in [5, 5.41) is 0. The van der Waals surface area contributed by atoms with Gasteiger partial charge in [0.15, 0.2) is 0 Å². The van der Waals surface area contributed by atoms with Crippen LogP contribution in [0.2, 0.25) is 0 Å². The fourth-order valence-corrected chi connectivity index (χ4v) is 0.755. The SMILES string of the molecule is C=C(C)[C@@H](N)CCCCN. The van der Waals surface area contributed by atoms with Crippen LogP contribution in [0.3, 0.4) is 0 Å². The molecular weight excluding hydrogens is 124 g/mol. The highest BCUT2D eigenvalue weighted by Crippen LogP contribution is 2.04. The molecule has 0 rings (SSSR count). The minimum Gasteiger partial charge on any atom is -0.330 e. The minimum absolute atomic E-state index is 0.173. The molecular formula is C8H18N2. The molecule has 0 aliphatic carbocycles. The molecule has 0 unspecified atom stereocenters. The number of nitrogens with two attached hydrogens (primary N) is 2. The van der Waals surface area contributed by atoms with Crippen molar-refractivity contribution in [3.05, 3.63) is 12.2 Å². The molecule has 0 aromatic rings. The molecule has 2 heteroatoms. The van der Waals surface area contributed by atoms with Crippen LogP contribution in [0.15, 0.2) is 12.2 Å². The van der Waals surface area contributed by atoms with E-state index in [-0.39, 0.29) is 6.04 Å². The zero-order valence-corrected chi connectivity index (χ0v) is 6.77. The van der Waals surface area contributed by atoms with Crippen LogP contribution >= 0.6 is 0 Å². The number of unbranched alkanes of at least 4 members (excludes halogenated alkanes) is 1. The molecule has 0 saturated carbocycles. The molecule has 0 aromatic heterocycles. The molecule has 0 aromatic carbocycles. The van der Waals surface area contributed by atoms with Crippen LogP contribution in [0.5, 0.6) is 0 Å². The van der Waals surface area contributed by atoms with Crippen LogP contribution in [-0.4, -0.2) is 12.6 Å². The summed E-state index contributed by atoms with van der Waals surface area (Å²) in [6, 6.07) is 0.173. The number of rotatable bonds is 5. The van der Waals surface area contributed by atoms with Crippen molar-refractivity contribution in [2.75, 3.05) is 6.54 Å². The van der Waals surface area contributed by atoms with E-state index < -0.39 is 0 Å². The van der Waals surface area contributed by atoms with Crippen molar-refractivity contribution >= 4 is 0 Å². The van der Waals surface area contributed by atoms with E-state index in [1.165, 1.54) is 0 Å². The number of hydrogen-bond donors (Lipinski definition) is 2. The Balaban J connectivity index is 3.21. The lowest BCUT2D eigenvalue weighted by Gasteiger charge is -2.09. The van der Waals surface area contributed by atoms with Crippen LogP contribution in [0, 0.1) is 0 Å². The van der Waals surface area contributed by atoms with Crippen LogP contribution in [0.1, 0.15) is 26.2 Å². The molecule has 0 heterocycles. The van der Waals surface area contributed by atoms with E-state index >= 15 is 0 Å². The lowest BCUT2D eigenvalue weighted by Crippen LogP contribution is -2.20. The summed E-state index contributed by atoms with van der Waals surface area (Å²) in [7, 11) is 0. The Hall–Kier alpha value is -0.340. The van der Waals surface area contributed by atoms with Gasteiger partial charge in [0.2, 0.25) is 0 Å². The topological polar surface area (TPSA) is 52.0 Å². The van der Waals surface area contributed by atoms with Crippen molar-refractivity contribution in [2.45, 2.75) is 32.2 Å². The van der Waals surface area contributed by atoms with Gasteiger partial charge < -0.3 is 11.5 Å². The van der Waals surface area contributed by atoms with E-state index in [0.717, 1.165) is 31.4 Å². The van der Waals surface area contributed by atoms with Crippen molar-refractivity contribution < 1.29 is 0 Å². The van der Waals surface area contributed by atoms with Gasteiger partial charge in [-0.2, -0.15) is 0 Å². The lowest BCUT2D eigenvalue weighted by atomic mass is 10.1. The molecule has 0 radical (unpaired) electrons. The Bertz CT molecular complexity index is 99.4. The fraction of sp³-hybridized carbons (Fsp3) is 0.750. The Morgan fingerprint density at radius 3 is 2.50 bits per heavy atom. The second-order valence-electron chi connectivity index (χ2n) is 2.74. The van der Waals surface area contributed by atoms with E-state index in [9.17, 15) is 0 Å².